The van der Waals surface area contributed by atoms with Crippen molar-refractivity contribution in [1.82, 2.24) is 19.4 Å². The van der Waals surface area contributed by atoms with Gasteiger partial charge in [-0.1, -0.05) is 17.7 Å². The second-order valence-corrected chi connectivity index (χ2v) is 7.84. The van der Waals surface area contributed by atoms with E-state index in [1.165, 1.54) is 0 Å². The standard InChI is InChI=1S/C20H21ClN4O/c1-24-19-5-6-22-8-18(19)23-20(24)11-25-9-15-16(10-25)17(15)12-26-14-4-2-3-13(21)7-14/h2-8,15-17H,9-12H2,1H3/t15-,16+,17?. The molecule has 5 nitrogen and oxygen atoms in total. The molecule has 1 unspecified atom stereocenters. The Morgan fingerprint density at radius 3 is 2.85 bits per heavy atom. The molecular formula is C20H21ClN4O. The van der Waals surface area contributed by atoms with E-state index < -0.39 is 0 Å². The number of piperidine rings is 1. The Kier molecular flexibility index (Phi) is 3.87. The quantitative estimate of drug-likeness (QED) is 0.692. The van der Waals surface area contributed by atoms with Gasteiger partial charge in [-0.25, -0.2) is 4.98 Å². The van der Waals surface area contributed by atoms with Crippen LogP contribution in [0.25, 0.3) is 11.0 Å². The van der Waals surface area contributed by atoms with Crippen LogP contribution in [-0.2, 0) is 13.6 Å². The van der Waals surface area contributed by atoms with E-state index in [-0.39, 0.29) is 0 Å². The number of hydrogen-bond acceptors (Lipinski definition) is 4. The van der Waals surface area contributed by atoms with Gasteiger partial charge in [0.15, 0.2) is 0 Å². The van der Waals surface area contributed by atoms with Crippen molar-refractivity contribution in [3.63, 3.8) is 0 Å². The summed E-state index contributed by atoms with van der Waals surface area (Å²) < 4.78 is 8.11. The van der Waals surface area contributed by atoms with Crippen LogP contribution in [0.3, 0.4) is 0 Å². The Balaban J connectivity index is 1.17. The third-order valence-electron chi connectivity index (χ3n) is 5.83. The zero-order valence-electron chi connectivity index (χ0n) is 14.7. The number of aryl methyl sites for hydroxylation is 1. The molecule has 2 aromatic heterocycles. The van der Waals surface area contributed by atoms with Gasteiger partial charge in [0.05, 0.1) is 24.9 Å². The first-order chi connectivity index (χ1) is 12.7. The molecule has 2 aliphatic rings. The van der Waals surface area contributed by atoms with E-state index in [1.54, 1.807) is 0 Å². The van der Waals surface area contributed by atoms with Crippen LogP contribution in [0.15, 0.2) is 42.7 Å². The molecule has 1 aliphatic carbocycles. The molecule has 0 N–H and O–H groups in total. The Bertz CT molecular complexity index is 944. The van der Waals surface area contributed by atoms with Gasteiger partial charge in [0, 0.05) is 37.3 Å². The Morgan fingerprint density at radius 2 is 2.08 bits per heavy atom. The summed E-state index contributed by atoms with van der Waals surface area (Å²) in [6.07, 6.45) is 3.66. The van der Waals surface area contributed by atoms with Crippen LogP contribution in [0, 0.1) is 17.8 Å². The number of pyridine rings is 1. The molecule has 0 spiro atoms. The summed E-state index contributed by atoms with van der Waals surface area (Å²) in [5.74, 6) is 4.17. The summed E-state index contributed by atoms with van der Waals surface area (Å²) in [5.41, 5.74) is 2.12. The normalized spacial score (nSPS) is 24.8. The molecular weight excluding hydrogens is 348 g/mol. The van der Waals surface area contributed by atoms with E-state index in [0.29, 0.717) is 5.92 Å². The van der Waals surface area contributed by atoms with Crippen LogP contribution in [-0.4, -0.2) is 39.1 Å². The van der Waals surface area contributed by atoms with Crippen molar-refractivity contribution >= 4 is 22.6 Å². The molecule has 1 saturated carbocycles. The van der Waals surface area contributed by atoms with Crippen LogP contribution in [0.2, 0.25) is 5.02 Å². The molecule has 3 aromatic rings. The van der Waals surface area contributed by atoms with E-state index in [9.17, 15) is 0 Å². The van der Waals surface area contributed by atoms with Crippen molar-refractivity contribution in [2.75, 3.05) is 19.7 Å². The third-order valence-corrected chi connectivity index (χ3v) is 6.06. The summed E-state index contributed by atoms with van der Waals surface area (Å²) in [7, 11) is 2.09. The Hall–Kier alpha value is -2.11. The lowest BCUT2D eigenvalue weighted by atomic mass is 10.2. The SMILES string of the molecule is Cn1c(CN2C[C@@H]3C(COc4cccc(Cl)c4)[C@@H]3C2)nc2cnccc21. The zero-order chi connectivity index (χ0) is 17.7. The van der Waals surface area contributed by atoms with Crippen LogP contribution in [0.5, 0.6) is 5.75 Å². The number of benzene rings is 1. The largest absolute Gasteiger partial charge is 0.493 e. The smallest absolute Gasteiger partial charge is 0.123 e. The van der Waals surface area contributed by atoms with E-state index in [4.69, 9.17) is 21.3 Å². The predicted molar refractivity (Wildman–Crippen MR) is 101 cm³/mol. The average Bonchev–Trinajstić information content (AvgIpc) is 2.96. The van der Waals surface area contributed by atoms with Crippen molar-refractivity contribution in [3.8, 4) is 5.75 Å². The summed E-state index contributed by atoms with van der Waals surface area (Å²) in [5, 5.41) is 0.724. The molecule has 0 bridgehead atoms. The van der Waals surface area contributed by atoms with Crippen LogP contribution < -0.4 is 4.74 Å². The number of nitrogens with zero attached hydrogens (tertiary/aromatic N) is 4. The molecule has 1 saturated heterocycles. The van der Waals surface area contributed by atoms with Crippen LogP contribution in [0.4, 0.5) is 0 Å². The summed E-state index contributed by atoms with van der Waals surface area (Å²) in [6, 6.07) is 9.68. The van der Waals surface area contributed by atoms with E-state index in [0.717, 1.165) is 65.7 Å². The molecule has 3 heterocycles. The number of aromatic nitrogens is 3. The van der Waals surface area contributed by atoms with Crippen molar-refractivity contribution < 1.29 is 4.74 Å². The lowest BCUT2D eigenvalue weighted by Gasteiger charge is -2.19. The van der Waals surface area contributed by atoms with Gasteiger partial charge in [0.1, 0.15) is 17.1 Å². The van der Waals surface area contributed by atoms with Gasteiger partial charge < -0.3 is 9.30 Å². The zero-order valence-corrected chi connectivity index (χ0v) is 15.4. The monoisotopic (exact) mass is 368 g/mol. The predicted octanol–water partition coefficient (Wildman–Crippen LogP) is 3.38. The summed E-state index contributed by atoms with van der Waals surface area (Å²) >= 11 is 6.01. The van der Waals surface area contributed by atoms with Crippen molar-refractivity contribution in [2.45, 2.75) is 6.54 Å². The molecule has 1 aliphatic heterocycles. The molecule has 26 heavy (non-hydrogen) atoms. The third kappa shape index (κ3) is 2.85. The fourth-order valence-corrected chi connectivity index (χ4v) is 4.49. The highest BCUT2D eigenvalue weighted by Crippen LogP contribution is 2.52. The van der Waals surface area contributed by atoms with Crippen LogP contribution >= 0.6 is 11.6 Å². The Morgan fingerprint density at radius 1 is 1.23 bits per heavy atom. The average molecular weight is 369 g/mol. The topological polar surface area (TPSA) is 43.2 Å². The molecule has 3 atom stereocenters. The summed E-state index contributed by atoms with van der Waals surface area (Å²) in [6.45, 7) is 3.97. The minimum Gasteiger partial charge on any atom is -0.493 e. The molecule has 1 aromatic carbocycles. The highest BCUT2D eigenvalue weighted by atomic mass is 35.5. The highest BCUT2D eigenvalue weighted by molar-refractivity contribution is 6.30. The molecule has 6 heteroatoms. The number of imidazole rings is 1. The van der Waals surface area contributed by atoms with Gasteiger partial charge in [-0.3, -0.25) is 9.88 Å². The molecule has 134 valence electrons. The first kappa shape index (κ1) is 16.1. The lowest BCUT2D eigenvalue weighted by molar-refractivity contribution is 0.226. The lowest BCUT2D eigenvalue weighted by Crippen LogP contribution is -2.26. The minimum absolute atomic E-state index is 0.676. The van der Waals surface area contributed by atoms with Gasteiger partial charge in [-0.05, 0) is 36.1 Å². The van der Waals surface area contributed by atoms with Crippen LogP contribution in [0.1, 0.15) is 5.82 Å². The fourth-order valence-electron chi connectivity index (χ4n) is 4.31. The number of fused-ring (bicyclic) bond motifs is 2. The van der Waals surface area contributed by atoms with E-state index in [1.807, 2.05) is 42.7 Å². The van der Waals surface area contributed by atoms with Gasteiger partial charge in [-0.2, -0.15) is 0 Å². The van der Waals surface area contributed by atoms with Gasteiger partial charge >= 0.3 is 0 Å². The molecule has 2 fully saturated rings. The highest BCUT2D eigenvalue weighted by Gasteiger charge is 2.55. The maximum Gasteiger partial charge on any atom is 0.123 e. The van der Waals surface area contributed by atoms with Crippen molar-refractivity contribution in [1.29, 1.82) is 0 Å². The number of hydrogen-bond donors (Lipinski definition) is 0. The number of rotatable bonds is 5. The number of ether oxygens (including phenoxy) is 1. The van der Waals surface area contributed by atoms with E-state index in [2.05, 4.69) is 21.5 Å². The molecule has 5 rings (SSSR count). The second-order valence-electron chi connectivity index (χ2n) is 7.41. The molecule has 0 radical (unpaired) electrons. The van der Waals surface area contributed by atoms with Gasteiger partial charge in [-0.15, -0.1) is 0 Å². The van der Waals surface area contributed by atoms with Gasteiger partial charge in [0.2, 0.25) is 0 Å². The summed E-state index contributed by atoms with van der Waals surface area (Å²) in [4.78, 5) is 11.4. The molecule has 0 amide bonds. The fraction of sp³-hybridized carbons (Fsp3) is 0.400. The number of halogens is 1. The number of likely N-dealkylation sites (tertiary alicyclic amines) is 1. The maximum atomic E-state index is 6.01. The first-order valence-electron chi connectivity index (χ1n) is 9.05. The van der Waals surface area contributed by atoms with E-state index >= 15 is 0 Å². The van der Waals surface area contributed by atoms with Crippen molar-refractivity contribution in [2.24, 2.45) is 24.8 Å². The van der Waals surface area contributed by atoms with Gasteiger partial charge in [0.25, 0.3) is 0 Å². The Labute approximate surface area is 157 Å². The second kappa shape index (κ2) is 6.25. The first-order valence-corrected chi connectivity index (χ1v) is 9.43. The maximum absolute atomic E-state index is 6.01. The minimum atomic E-state index is 0.676. The van der Waals surface area contributed by atoms with Crippen molar-refractivity contribution in [3.05, 3.63) is 53.6 Å².